The lowest BCUT2D eigenvalue weighted by Gasteiger charge is -2.11. The van der Waals surface area contributed by atoms with Gasteiger partial charge >= 0.3 is 0 Å². The third-order valence-electron chi connectivity index (χ3n) is 1.65. The molecule has 1 rings (SSSR count). The third-order valence-corrected chi connectivity index (χ3v) is 1.65. The number of aromatic nitrogens is 2. The number of hydrogen-bond donors (Lipinski definition) is 0. The zero-order chi connectivity index (χ0) is 9.84. The van der Waals surface area contributed by atoms with E-state index < -0.39 is 0 Å². The monoisotopic (exact) mass is 176 g/mol. The van der Waals surface area contributed by atoms with Crippen molar-refractivity contribution < 1.29 is 0 Å². The van der Waals surface area contributed by atoms with Gasteiger partial charge in [-0.1, -0.05) is 0 Å². The lowest BCUT2D eigenvalue weighted by molar-refractivity contribution is 0.922. The molecular formula is C9H12N4. The highest BCUT2D eigenvalue weighted by Crippen LogP contribution is 2.08. The second-order valence-electron chi connectivity index (χ2n) is 2.79. The van der Waals surface area contributed by atoms with Gasteiger partial charge in [0, 0.05) is 17.9 Å². The van der Waals surface area contributed by atoms with Crippen LogP contribution in [0.4, 0.5) is 5.95 Å². The number of rotatable bonds is 2. The first-order valence-electron chi connectivity index (χ1n) is 4.17. The molecule has 4 nitrogen and oxygen atoms in total. The van der Waals surface area contributed by atoms with Gasteiger partial charge in [-0.05, 0) is 26.8 Å². The van der Waals surface area contributed by atoms with E-state index in [2.05, 4.69) is 9.97 Å². The molecule has 0 aromatic carbocycles. The Labute approximate surface area is 77.8 Å². The topological polar surface area (TPSA) is 52.8 Å². The standard InChI is InChI=1S/C9H12N4/c1-4-13(6-10)9-11-7(2)5-8(3)12-9/h5H,4H2,1-3H3. The summed E-state index contributed by atoms with van der Waals surface area (Å²) >= 11 is 0. The molecule has 0 amide bonds. The first kappa shape index (κ1) is 9.46. The van der Waals surface area contributed by atoms with E-state index in [1.54, 1.807) is 0 Å². The van der Waals surface area contributed by atoms with Gasteiger partial charge in [-0.3, -0.25) is 0 Å². The Hall–Kier alpha value is -1.63. The normalized spacial score (nSPS) is 9.38. The first-order chi connectivity index (χ1) is 6.17. The third kappa shape index (κ3) is 2.15. The van der Waals surface area contributed by atoms with E-state index in [0.29, 0.717) is 12.5 Å². The highest BCUT2D eigenvalue weighted by Gasteiger charge is 2.06. The van der Waals surface area contributed by atoms with Crippen LogP contribution in [0.3, 0.4) is 0 Å². The lowest BCUT2D eigenvalue weighted by atomic mass is 10.3. The van der Waals surface area contributed by atoms with Crippen LogP contribution in [-0.2, 0) is 0 Å². The van der Waals surface area contributed by atoms with Crippen molar-refractivity contribution in [2.75, 3.05) is 11.4 Å². The molecule has 1 aromatic rings. The van der Waals surface area contributed by atoms with Gasteiger partial charge in [0.25, 0.3) is 0 Å². The van der Waals surface area contributed by atoms with Crippen LogP contribution in [0, 0.1) is 25.3 Å². The predicted octanol–water partition coefficient (Wildman–Crippen LogP) is 1.40. The molecule has 1 heterocycles. The van der Waals surface area contributed by atoms with Gasteiger partial charge in [-0.25, -0.2) is 14.9 Å². The van der Waals surface area contributed by atoms with Crippen molar-refractivity contribution in [3.63, 3.8) is 0 Å². The van der Waals surface area contributed by atoms with Crippen molar-refractivity contribution in [3.05, 3.63) is 17.5 Å². The molecule has 13 heavy (non-hydrogen) atoms. The summed E-state index contributed by atoms with van der Waals surface area (Å²) in [5.41, 5.74) is 1.77. The van der Waals surface area contributed by atoms with Crippen molar-refractivity contribution in [2.45, 2.75) is 20.8 Å². The summed E-state index contributed by atoms with van der Waals surface area (Å²) < 4.78 is 0. The second-order valence-corrected chi connectivity index (χ2v) is 2.79. The Bertz CT molecular complexity index is 320. The Balaban J connectivity index is 3.08. The molecule has 0 saturated carbocycles. The van der Waals surface area contributed by atoms with E-state index in [1.807, 2.05) is 33.0 Å². The number of hydrogen-bond acceptors (Lipinski definition) is 4. The van der Waals surface area contributed by atoms with E-state index >= 15 is 0 Å². The summed E-state index contributed by atoms with van der Waals surface area (Å²) in [6.07, 6.45) is 2.03. The Morgan fingerprint density at radius 3 is 2.31 bits per heavy atom. The molecule has 0 unspecified atom stereocenters. The van der Waals surface area contributed by atoms with Crippen molar-refractivity contribution >= 4 is 5.95 Å². The molecule has 0 atom stereocenters. The van der Waals surface area contributed by atoms with E-state index in [-0.39, 0.29) is 0 Å². The van der Waals surface area contributed by atoms with Crippen LogP contribution in [0.5, 0.6) is 0 Å². The Kier molecular flexibility index (Phi) is 2.80. The fourth-order valence-electron chi connectivity index (χ4n) is 1.08. The van der Waals surface area contributed by atoms with E-state index in [9.17, 15) is 0 Å². The van der Waals surface area contributed by atoms with Crippen molar-refractivity contribution in [2.24, 2.45) is 0 Å². The summed E-state index contributed by atoms with van der Waals surface area (Å²) in [5, 5.41) is 8.76. The van der Waals surface area contributed by atoms with Gasteiger partial charge in [0.1, 0.15) is 0 Å². The van der Waals surface area contributed by atoms with Crippen LogP contribution < -0.4 is 4.90 Å². The summed E-state index contributed by atoms with van der Waals surface area (Å²) in [6.45, 7) is 6.27. The Morgan fingerprint density at radius 2 is 1.92 bits per heavy atom. The van der Waals surface area contributed by atoms with Gasteiger partial charge in [0.05, 0.1) is 0 Å². The smallest absolute Gasteiger partial charge is 0.239 e. The molecule has 0 spiro atoms. The molecule has 0 radical (unpaired) electrons. The molecule has 0 aliphatic heterocycles. The summed E-state index contributed by atoms with van der Waals surface area (Å²) in [4.78, 5) is 9.79. The molecule has 1 aromatic heterocycles. The minimum Gasteiger partial charge on any atom is -0.247 e. The fraction of sp³-hybridized carbons (Fsp3) is 0.444. The predicted molar refractivity (Wildman–Crippen MR) is 50.1 cm³/mol. The van der Waals surface area contributed by atoms with Gasteiger partial charge in [-0.2, -0.15) is 5.26 Å². The van der Waals surface area contributed by atoms with Gasteiger partial charge in [0.15, 0.2) is 6.19 Å². The van der Waals surface area contributed by atoms with Crippen molar-refractivity contribution in [1.29, 1.82) is 5.26 Å². The van der Waals surface area contributed by atoms with Crippen LogP contribution in [0.25, 0.3) is 0 Å². The highest BCUT2D eigenvalue weighted by atomic mass is 15.2. The first-order valence-corrected chi connectivity index (χ1v) is 4.17. The van der Waals surface area contributed by atoms with Gasteiger partial charge < -0.3 is 0 Å². The molecule has 0 aliphatic carbocycles. The number of nitriles is 1. The second kappa shape index (κ2) is 3.85. The average Bonchev–Trinajstić information content (AvgIpc) is 2.04. The van der Waals surface area contributed by atoms with Gasteiger partial charge in [-0.15, -0.1) is 0 Å². The highest BCUT2D eigenvalue weighted by molar-refractivity contribution is 5.36. The number of aryl methyl sites for hydroxylation is 2. The molecule has 0 saturated heterocycles. The van der Waals surface area contributed by atoms with Crippen LogP contribution in [0.2, 0.25) is 0 Å². The fourth-order valence-corrected chi connectivity index (χ4v) is 1.08. The lowest BCUT2D eigenvalue weighted by Crippen LogP contribution is -2.18. The average molecular weight is 176 g/mol. The van der Waals surface area contributed by atoms with Crippen LogP contribution >= 0.6 is 0 Å². The quantitative estimate of drug-likeness (QED) is 0.505. The zero-order valence-corrected chi connectivity index (χ0v) is 8.07. The van der Waals surface area contributed by atoms with E-state index in [4.69, 9.17) is 5.26 Å². The molecular weight excluding hydrogens is 164 g/mol. The molecule has 0 fully saturated rings. The SMILES string of the molecule is CCN(C#N)c1nc(C)cc(C)n1. The van der Waals surface area contributed by atoms with Crippen LogP contribution in [0.1, 0.15) is 18.3 Å². The maximum absolute atomic E-state index is 8.76. The number of anilines is 1. The van der Waals surface area contributed by atoms with Crippen molar-refractivity contribution in [3.8, 4) is 6.19 Å². The molecule has 68 valence electrons. The van der Waals surface area contributed by atoms with Crippen LogP contribution in [0.15, 0.2) is 6.07 Å². The zero-order valence-electron chi connectivity index (χ0n) is 8.07. The van der Waals surface area contributed by atoms with Gasteiger partial charge in [0.2, 0.25) is 5.95 Å². The maximum Gasteiger partial charge on any atom is 0.239 e. The van der Waals surface area contributed by atoms with Crippen molar-refractivity contribution in [1.82, 2.24) is 9.97 Å². The molecule has 0 bridgehead atoms. The summed E-state index contributed by atoms with van der Waals surface area (Å²) in [6, 6.07) is 1.88. The van der Waals surface area contributed by atoms with Crippen LogP contribution in [-0.4, -0.2) is 16.5 Å². The van der Waals surface area contributed by atoms with E-state index in [0.717, 1.165) is 11.4 Å². The minimum atomic E-state index is 0.488. The molecule has 0 aliphatic rings. The minimum absolute atomic E-state index is 0.488. The Morgan fingerprint density at radius 1 is 1.38 bits per heavy atom. The summed E-state index contributed by atoms with van der Waals surface area (Å²) in [5.74, 6) is 0.488. The van der Waals surface area contributed by atoms with E-state index in [1.165, 1.54) is 4.90 Å². The molecule has 4 heteroatoms. The largest absolute Gasteiger partial charge is 0.247 e. The molecule has 0 N–H and O–H groups in total. The number of nitrogens with zero attached hydrogens (tertiary/aromatic N) is 4. The maximum atomic E-state index is 8.76. The summed E-state index contributed by atoms with van der Waals surface area (Å²) in [7, 11) is 0.